The van der Waals surface area contributed by atoms with Gasteiger partial charge >= 0.3 is 5.97 Å². The van der Waals surface area contributed by atoms with E-state index in [2.05, 4.69) is 10.3 Å². The number of esters is 1. The second kappa shape index (κ2) is 10.6. The van der Waals surface area contributed by atoms with Gasteiger partial charge in [0, 0.05) is 25.0 Å². The van der Waals surface area contributed by atoms with Gasteiger partial charge in [0.1, 0.15) is 5.56 Å². The number of methoxy groups -OCH3 is 1. The van der Waals surface area contributed by atoms with E-state index >= 15 is 0 Å². The van der Waals surface area contributed by atoms with Crippen molar-refractivity contribution in [3.63, 3.8) is 0 Å². The van der Waals surface area contributed by atoms with Crippen molar-refractivity contribution < 1.29 is 27.5 Å². The largest absolute Gasteiger partial charge is 0.480 e. The first-order valence-electron chi connectivity index (χ1n) is 10.4. The van der Waals surface area contributed by atoms with Gasteiger partial charge in [0.05, 0.1) is 12.0 Å². The molecule has 1 aromatic carbocycles. The van der Waals surface area contributed by atoms with Gasteiger partial charge in [-0.15, -0.1) is 0 Å². The summed E-state index contributed by atoms with van der Waals surface area (Å²) in [4.78, 5) is 28.6. The third-order valence-electron chi connectivity index (χ3n) is 5.17. The Balaban J connectivity index is 1.67. The summed E-state index contributed by atoms with van der Waals surface area (Å²) in [5.74, 6) is -1.25. The van der Waals surface area contributed by atoms with Gasteiger partial charge in [-0.25, -0.2) is 18.2 Å². The maximum absolute atomic E-state index is 13.2. The molecule has 0 aliphatic carbocycles. The average molecular weight is 462 g/mol. The molecule has 0 saturated carbocycles. The Kier molecular flexibility index (Phi) is 7.81. The summed E-state index contributed by atoms with van der Waals surface area (Å²) in [6.07, 6.45) is 5.18. The minimum absolute atomic E-state index is 0.0970. The summed E-state index contributed by atoms with van der Waals surface area (Å²) in [6.45, 7) is 2.16. The first kappa shape index (κ1) is 23.7. The standard InChI is InChI=1S/C22H27N3O6S/c1-16-9-10-17(14-19(16)32(28,29)25-12-5-3-4-6-13-25)24-20(26)15-31-22(27)18-8-7-11-23-21(18)30-2/h7-11,14H,3-6,12-13,15H2,1-2H3,(H,24,26). The van der Waals surface area contributed by atoms with E-state index in [0.29, 0.717) is 24.3 Å². The summed E-state index contributed by atoms with van der Waals surface area (Å²) in [5, 5.41) is 2.59. The van der Waals surface area contributed by atoms with Crippen molar-refractivity contribution in [2.75, 3.05) is 32.1 Å². The van der Waals surface area contributed by atoms with E-state index < -0.39 is 28.5 Å². The van der Waals surface area contributed by atoms with Crippen molar-refractivity contribution in [2.24, 2.45) is 0 Å². The second-order valence-corrected chi connectivity index (χ2v) is 9.39. The molecule has 10 heteroatoms. The molecule has 2 aromatic rings. The Morgan fingerprint density at radius 1 is 1.12 bits per heavy atom. The number of hydrogen-bond acceptors (Lipinski definition) is 7. The van der Waals surface area contributed by atoms with Crippen molar-refractivity contribution in [2.45, 2.75) is 37.5 Å². The summed E-state index contributed by atoms with van der Waals surface area (Å²) < 4.78 is 37.9. The molecule has 1 fully saturated rings. The number of rotatable bonds is 7. The van der Waals surface area contributed by atoms with Crippen LogP contribution in [0.5, 0.6) is 5.88 Å². The maximum atomic E-state index is 13.2. The number of anilines is 1. The summed E-state index contributed by atoms with van der Waals surface area (Å²) in [5.41, 5.74) is 1.01. The van der Waals surface area contributed by atoms with Gasteiger partial charge in [-0.1, -0.05) is 18.9 Å². The molecule has 1 amide bonds. The Bertz CT molecular complexity index is 1080. The molecule has 0 atom stereocenters. The van der Waals surface area contributed by atoms with Crippen LogP contribution in [0, 0.1) is 6.92 Å². The number of ether oxygens (including phenoxy) is 2. The number of hydrogen-bond donors (Lipinski definition) is 1. The van der Waals surface area contributed by atoms with E-state index in [1.54, 1.807) is 25.1 Å². The molecule has 0 bridgehead atoms. The lowest BCUT2D eigenvalue weighted by Crippen LogP contribution is -2.32. The SMILES string of the molecule is COc1ncccc1C(=O)OCC(=O)Nc1ccc(C)c(S(=O)(=O)N2CCCCCC2)c1. The van der Waals surface area contributed by atoms with Crippen LogP contribution in [0.2, 0.25) is 0 Å². The Morgan fingerprint density at radius 2 is 1.84 bits per heavy atom. The topological polar surface area (TPSA) is 115 Å². The summed E-state index contributed by atoms with van der Waals surface area (Å²) in [6, 6.07) is 7.73. The van der Waals surface area contributed by atoms with E-state index in [1.807, 2.05) is 0 Å². The fourth-order valence-electron chi connectivity index (χ4n) is 3.49. The van der Waals surface area contributed by atoms with E-state index in [9.17, 15) is 18.0 Å². The molecule has 172 valence electrons. The normalized spacial score (nSPS) is 14.9. The van der Waals surface area contributed by atoms with Crippen molar-refractivity contribution in [1.29, 1.82) is 0 Å². The number of sulfonamides is 1. The molecule has 1 aliphatic heterocycles. The lowest BCUT2D eigenvalue weighted by atomic mass is 10.2. The summed E-state index contributed by atoms with van der Waals surface area (Å²) in [7, 11) is -2.29. The highest BCUT2D eigenvalue weighted by molar-refractivity contribution is 7.89. The highest BCUT2D eigenvalue weighted by atomic mass is 32.2. The maximum Gasteiger partial charge on any atom is 0.344 e. The fraction of sp³-hybridized carbons (Fsp3) is 0.409. The van der Waals surface area contributed by atoms with E-state index in [-0.39, 0.29) is 16.3 Å². The first-order chi connectivity index (χ1) is 15.3. The number of carbonyl (C=O) groups excluding carboxylic acids is 2. The Labute approximate surface area is 187 Å². The van der Waals surface area contributed by atoms with Gasteiger partial charge < -0.3 is 14.8 Å². The number of nitrogens with one attached hydrogen (secondary N) is 1. The van der Waals surface area contributed by atoms with Crippen LogP contribution in [-0.2, 0) is 19.6 Å². The quantitative estimate of drug-likeness (QED) is 0.631. The van der Waals surface area contributed by atoms with E-state index in [1.165, 1.54) is 29.7 Å². The van der Waals surface area contributed by atoms with Gasteiger partial charge in [-0.3, -0.25) is 4.79 Å². The van der Waals surface area contributed by atoms with Crippen LogP contribution in [0.25, 0.3) is 0 Å². The predicted molar refractivity (Wildman–Crippen MR) is 118 cm³/mol. The molecule has 1 saturated heterocycles. The van der Waals surface area contributed by atoms with Crippen molar-refractivity contribution >= 4 is 27.6 Å². The molecule has 1 aromatic heterocycles. The van der Waals surface area contributed by atoms with Crippen LogP contribution in [0.1, 0.15) is 41.6 Å². The number of pyridine rings is 1. The van der Waals surface area contributed by atoms with Gasteiger partial charge in [-0.05, 0) is 49.6 Å². The molecule has 1 aliphatic rings. The molecule has 32 heavy (non-hydrogen) atoms. The van der Waals surface area contributed by atoms with Crippen LogP contribution in [-0.4, -0.2) is 56.4 Å². The predicted octanol–water partition coefficient (Wildman–Crippen LogP) is 2.76. The number of carbonyl (C=O) groups is 2. The van der Waals surface area contributed by atoms with E-state index in [0.717, 1.165) is 25.7 Å². The molecule has 9 nitrogen and oxygen atoms in total. The van der Waals surface area contributed by atoms with Gasteiger partial charge in [0.2, 0.25) is 15.9 Å². The number of aromatic nitrogens is 1. The molecular weight excluding hydrogens is 434 g/mol. The molecular formula is C22H27N3O6S. The van der Waals surface area contributed by atoms with Gasteiger partial charge in [0.25, 0.3) is 5.91 Å². The van der Waals surface area contributed by atoms with Crippen molar-refractivity contribution in [3.8, 4) is 5.88 Å². The number of amides is 1. The van der Waals surface area contributed by atoms with Crippen LogP contribution in [0.3, 0.4) is 0 Å². The lowest BCUT2D eigenvalue weighted by molar-refractivity contribution is -0.119. The third-order valence-corrected chi connectivity index (χ3v) is 7.21. The summed E-state index contributed by atoms with van der Waals surface area (Å²) >= 11 is 0. The zero-order valence-corrected chi connectivity index (χ0v) is 19.0. The number of aryl methyl sites for hydroxylation is 1. The molecule has 0 spiro atoms. The zero-order valence-electron chi connectivity index (χ0n) is 18.2. The first-order valence-corrected chi connectivity index (χ1v) is 11.8. The van der Waals surface area contributed by atoms with E-state index in [4.69, 9.17) is 9.47 Å². The van der Waals surface area contributed by atoms with Crippen molar-refractivity contribution in [3.05, 3.63) is 47.7 Å². The smallest absolute Gasteiger partial charge is 0.344 e. The Morgan fingerprint density at radius 3 is 2.53 bits per heavy atom. The average Bonchev–Trinajstić information content (AvgIpc) is 3.09. The number of nitrogens with zero attached hydrogens (tertiary/aromatic N) is 2. The highest BCUT2D eigenvalue weighted by Crippen LogP contribution is 2.26. The molecule has 0 unspecified atom stereocenters. The molecule has 1 N–H and O–H groups in total. The number of benzene rings is 1. The lowest BCUT2D eigenvalue weighted by Gasteiger charge is -2.21. The third kappa shape index (κ3) is 5.63. The van der Waals surface area contributed by atoms with Crippen LogP contribution in [0.15, 0.2) is 41.4 Å². The van der Waals surface area contributed by atoms with Crippen LogP contribution in [0.4, 0.5) is 5.69 Å². The zero-order chi connectivity index (χ0) is 23.1. The van der Waals surface area contributed by atoms with Gasteiger partial charge in [0.15, 0.2) is 6.61 Å². The van der Waals surface area contributed by atoms with Gasteiger partial charge in [-0.2, -0.15) is 4.31 Å². The highest BCUT2D eigenvalue weighted by Gasteiger charge is 2.27. The molecule has 0 radical (unpaired) electrons. The minimum atomic E-state index is -3.67. The second-order valence-electron chi connectivity index (χ2n) is 7.48. The molecule has 2 heterocycles. The Hall–Kier alpha value is -2.98. The van der Waals surface area contributed by atoms with Crippen molar-refractivity contribution in [1.82, 2.24) is 9.29 Å². The monoisotopic (exact) mass is 461 g/mol. The molecule has 3 rings (SSSR count). The minimum Gasteiger partial charge on any atom is -0.480 e. The van der Waals surface area contributed by atoms with Crippen LogP contribution >= 0.6 is 0 Å². The fourth-order valence-corrected chi connectivity index (χ4v) is 5.26. The van der Waals surface area contributed by atoms with Crippen LogP contribution < -0.4 is 10.1 Å².